The van der Waals surface area contributed by atoms with Gasteiger partial charge in [-0.25, -0.2) is 0 Å². The Labute approximate surface area is 97.1 Å². The van der Waals surface area contributed by atoms with E-state index in [1.807, 2.05) is 6.07 Å². The molecule has 0 amide bonds. The molecule has 0 saturated carbocycles. The summed E-state index contributed by atoms with van der Waals surface area (Å²) in [5.41, 5.74) is 6.81. The molecular weight excluding hydrogens is 198 g/mol. The molecule has 0 aromatic heterocycles. The first-order valence-corrected chi connectivity index (χ1v) is 5.98. The van der Waals surface area contributed by atoms with Crippen molar-refractivity contribution in [3.8, 4) is 5.75 Å². The van der Waals surface area contributed by atoms with E-state index in [1.54, 1.807) is 0 Å². The monoisotopic (exact) mass is 217 g/mol. The molecule has 86 valence electrons. The molecular formula is C14H19NO. The minimum Gasteiger partial charge on any atom is -0.493 e. The summed E-state index contributed by atoms with van der Waals surface area (Å²) in [6.07, 6.45) is 7.62. The Hall–Kier alpha value is -1.28. The van der Waals surface area contributed by atoms with Gasteiger partial charge in [0.05, 0.1) is 6.61 Å². The fourth-order valence-corrected chi connectivity index (χ4v) is 2.14. The SMILES string of the molecule is NCC/C=C/CC1CCOc2ccccc21. The molecule has 1 aliphatic rings. The Morgan fingerprint density at radius 1 is 1.31 bits per heavy atom. The third-order valence-electron chi connectivity index (χ3n) is 3.00. The molecule has 2 rings (SSSR count). The topological polar surface area (TPSA) is 35.2 Å². The summed E-state index contributed by atoms with van der Waals surface area (Å²) >= 11 is 0. The number of para-hydroxylation sites is 1. The highest BCUT2D eigenvalue weighted by molar-refractivity contribution is 5.38. The highest BCUT2D eigenvalue weighted by atomic mass is 16.5. The molecule has 0 spiro atoms. The molecule has 0 fully saturated rings. The molecule has 1 aliphatic heterocycles. The number of nitrogens with two attached hydrogens (primary N) is 1. The molecule has 1 atom stereocenters. The van der Waals surface area contributed by atoms with E-state index >= 15 is 0 Å². The Balaban J connectivity index is 2.01. The number of benzene rings is 1. The Kier molecular flexibility index (Phi) is 4.00. The van der Waals surface area contributed by atoms with Gasteiger partial charge >= 0.3 is 0 Å². The number of hydrogen-bond acceptors (Lipinski definition) is 2. The van der Waals surface area contributed by atoms with E-state index in [0.29, 0.717) is 5.92 Å². The summed E-state index contributed by atoms with van der Waals surface area (Å²) in [6, 6.07) is 8.36. The summed E-state index contributed by atoms with van der Waals surface area (Å²) in [5.74, 6) is 1.67. The van der Waals surface area contributed by atoms with Gasteiger partial charge in [0.25, 0.3) is 0 Å². The van der Waals surface area contributed by atoms with Crippen molar-refractivity contribution >= 4 is 0 Å². The Morgan fingerprint density at radius 2 is 2.19 bits per heavy atom. The van der Waals surface area contributed by atoms with Crippen LogP contribution in [0.2, 0.25) is 0 Å². The van der Waals surface area contributed by atoms with Gasteiger partial charge in [0.2, 0.25) is 0 Å². The number of rotatable bonds is 4. The average molecular weight is 217 g/mol. The number of hydrogen-bond donors (Lipinski definition) is 1. The van der Waals surface area contributed by atoms with Crippen LogP contribution in [-0.2, 0) is 0 Å². The van der Waals surface area contributed by atoms with Gasteiger partial charge in [-0.3, -0.25) is 0 Å². The standard InChI is InChI=1S/C14H19NO/c15-10-5-1-2-6-12-9-11-16-14-8-4-3-7-13(12)14/h1-4,7-8,12H,5-6,9-11,15H2/b2-1+. The zero-order valence-corrected chi connectivity index (χ0v) is 9.56. The summed E-state index contributed by atoms with van der Waals surface area (Å²) in [7, 11) is 0. The van der Waals surface area contributed by atoms with Crippen LogP contribution in [0.5, 0.6) is 5.75 Å². The molecule has 2 N–H and O–H groups in total. The second-order valence-electron chi connectivity index (χ2n) is 4.16. The van der Waals surface area contributed by atoms with Crippen LogP contribution in [0.4, 0.5) is 0 Å². The van der Waals surface area contributed by atoms with Gasteiger partial charge in [0, 0.05) is 0 Å². The molecule has 16 heavy (non-hydrogen) atoms. The highest BCUT2D eigenvalue weighted by Gasteiger charge is 2.19. The number of allylic oxidation sites excluding steroid dienone is 1. The lowest BCUT2D eigenvalue weighted by molar-refractivity contribution is 0.267. The maximum atomic E-state index is 5.64. The Bertz CT molecular complexity index is 360. The van der Waals surface area contributed by atoms with E-state index in [-0.39, 0.29) is 0 Å². The molecule has 2 nitrogen and oxygen atoms in total. The molecule has 0 radical (unpaired) electrons. The molecule has 0 saturated heterocycles. The minimum atomic E-state index is 0.610. The first-order valence-electron chi connectivity index (χ1n) is 5.98. The number of fused-ring (bicyclic) bond motifs is 1. The van der Waals surface area contributed by atoms with Crippen LogP contribution < -0.4 is 10.5 Å². The van der Waals surface area contributed by atoms with Crippen molar-refractivity contribution in [2.45, 2.75) is 25.2 Å². The minimum absolute atomic E-state index is 0.610. The largest absolute Gasteiger partial charge is 0.493 e. The lowest BCUT2D eigenvalue weighted by atomic mass is 9.90. The van der Waals surface area contributed by atoms with Crippen molar-refractivity contribution in [1.82, 2.24) is 0 Å². The van der Waals surface area contributed by atoms with Crippen molar-refractivity contribution in [2.24, 2.45) is 5.73 Å². The van der Waals surface area contributed by atoms with Crippen molar-refractivity contribution in [3.63, 3.8) is 0 Å². The van der Waals surface area contributed by atoms with Crippen LogP contribution in [0.3, 0.4) is 0 Å². The summed E-state index contributed by atoms with van der Waals surface area (Å²) in [5, 5.41) is 0. The zero-order valence-electron chi connectivity index (χ0n) is 9.56. The predicted molar refractivity (Wildman–Crippen MR) is 66.7 cm³/mol. The van der Waals surface area contributed by atoms with Crippen LogP contribution in [0.25, 0.3) is 0 Å². The van der Waals surface area contributed by atoms with Crippen molar-refractivity contribution in [1.29, 1.82) is 0 Å². The molecule has 1 aromatic carbocycles. The molecule has 0 aliphatic carbocycles. The first-order chi connectivity index (χ1) is 7.92. The first kappa shape index (κ1) is 11.2. The van der Waals surface area contributed by atoms with Crippen molar-refractivity contribution < 1.29 is 4.74 Å². The molecule has 1 heterocycles. The van der Waals surface area contributed by atoms with Gasteiger partial charge in [0.15, 0.2) is 0 Å². The van der Waals surface area contributed by atoms with E-state index in [9.17, 15) is 0 Å². The third-order valence-corrected chi connectivity index (χ3v) is 3.00. The van der Waals surface area contributed by atoms with E-state index in [1.165, 1.54) is 5.56 Å². The summed E-state index contributed by atoms with van der Waals surface area (Å²) in [6.45, 7) is 1.58. The number of ether oxygens (including phenoxy) is 1. The second kappa shape index (κ2) is 5.71. The van der Waals surface area contributed by atoms with Crippen molar-refractivity contribution in [3.05, 3.63) is 42.0 Å². The molecule has 1 aromatic rings. The zero-order chi connectivity index (χ0) is 11.2. The van der Waals surface area contributed by atoms with E-state index < -0.39 is 0 Å². The van der Waals surface area contributed by atoms with Crippen molar-refractivity contribution in [2.75, 3.05) is 13.2 Å². The fourth-order valence-electron chi connectivity index (χ4n) is 2.14. The van der Waals surface area contributed by atoms with Gasteiger partial charge in [-0.15, -0.1) is 0 Å². The summed E-state index contributed by atoms with van der Waals surface area (Å²) in [4.78, 5) is 0. The Morgan fingerprint density at radius 3 is 3.06 bits per heavy atom. The average Bonchev–Trinajstić information content (AvgIpc) is 2.35. The van der Waals surface area contributed by atoms with Gasteiger partial charge in [-0.1, -0.05) is 30.4 Å². The van der Waals surface area contributed by atoms with Gasteiger partial charge in [0.1, 0.15) is 5.75 Å². The predicted octanol–water partition coefficient (Wildman–Crippen LogP) is 2.85. The van der Waals surface area contributed by atoms with Crippen LogP contribution in [0, 0.1) is 0 Å². The van der Waals surface area contributed by atoms with Crippen LogP contribution >= 0.6 is 0 Å². The lowest BCUT2D eigenvalue weighted by Gasteiger charge is -2.24. The van der Waals surface area contributed by atoms with Gasteiger partial charge in [-0.05, 0) is 43.4 Å². The van der Waals surface area contributed by atoms with E-state index in [0.717, 1.165) is 38.2 Å². The second-order valence-corrected chi connectivity index (χ2v) is 4.16. The third kappa shape index (κ3) is 2.64. The normalized spacial score (nSPS) is 19.4. The smallest absolute Gasteiger partial charge is 0.122 e. The highest BCUT2D eigenvalue weighted by Crippen LogP contribution is 2.35. The van der Waals surface area contributed by atoms with E-state index in [2.05, 4.69) is 30.4 Å². The molecule has 0 bridgehead atoms. The van der Waals surface area contributed by atoms with Gasteiger partial charge in [-0.2, -0.15) is 0 Å². The lowest BCUT2D eigenvalue weighted by Crippen LogP contribution is -2.13. The van der Waals surface area contributed by atoms with Crippen LogP contribution in [0.1, 0.15) is 30.7 Å². The van der Waals surface area contributed by atoms with Crippen LogP contribution in [-0.4, -0.2) is 13.2 Å². The van der Waals surface area contributed by atoms with Gasteiger partial charge < -0.3 is 10.5 Å². The maximum absolute atomic E-state index is 5.64. The fraction of sp³-hybridized carbons (Fsp3) is 0.429. The van der Waals surface area contributed by atoms with E-state index in [4.69, 9.17) is 10.5 Å². The molecule has 2 heteroatoms. The summed E-state index contributed by atoms with van der Waals surface area (Å²) < 4.78 is 5.64. The van der Waals surface area contributed by atoms with Crippen LogP contribution in [0.15, 0.2) is 36.4 Å². The molecule has 1 unspecified atom stereocenters. The quantitative estimate of drug-likeness (QED) is 0.787. The maximum Gasteiger partial charge on any atom is 0.122 e.